The molecule has 1 aromatic rings. The van der Waals surface area contributed by atoms with E-state index in [0.717, 1.165) is 5.56 Å². The quantitative estimate of drug-likeness (QED) is 0.658. The molecule has 1 aliphatic rings. The molecule has 4 atom stereocenters. The van der Waals surface area contributed by atoms with E-state index in [0.29, 0.717) is 19.6 Å². The first-order chi connectivity index (χ1) is 8.68. The summed E-state index contributed by atoms with van der Waals surface area (Å²) >= 11 is 0. The van der Waals surface area contributed by atoms with Gasteiger partial charge in [-0.15, -0.1) is 0 Å². The van der Waals surface area contributed by atoms with E-state index < -0.39 is 24.5 Å². The smallest absolute Gasteiger partial charge is 0.131 e. The van der Waals surface area contributed by atoms with Gasteiger partial charge in [-0.05, 0) is 12.0 Å². The van der Waals surface area contributed by atoms with Crippen molar-refractivity contribution in [3.05, 3.63) is 35.9 Å². The second-order valence-corrected chi connectivity index (χ2v) is 4.44. The average Bonchev–Trinajstić information content (AvgIpc) is 2.38. The molecule has 1 fully saturated rings. The summed E-state index contributed by atoms with van der Waals surface area (Å²) in [6.45, 7) is 0.737. The zero-order valence-corrected chi connectivity index (χ0v) is 10.1. The number of benzene rings is 1. The largest absolute Gasteiger partial charge is 0.390 e. The van der Waals surface area contributed by atoms with Crippen LogP contribution >= 0.6 is 0 Å². The highest BCUT2D eigenvalue weighted by Gasteiger charge is 2.37. The van der Waals surface area contributed by atoms with E-state index in [9.17, 15) is 10.2 Å². The number of aliphatic hydroxyl groups is 2. The fourth-order valence-corrected chi connectivity index (χ4v) is 2.07. The fraction of sp³-hybridized carbons (Fsp3) is 0.538. The summed E-state index contributed by atoms with van der Waals surface area (Å²) in [5, 5.41) is 19.3. The summed E-state index contributed by atoms with van der Waals surface area (Å²) in [6, 6.07) is 9.63. The lowest BCUT2D eigenvalue weighted by atomic mass is 10.0. The minimum atomic E-state index is -1.15. The lowest BCUT2D eigenvalue weighted by molar-refractivity contribution is -0.192. The Kier molecular flexibility index (Phi) is 4.68. The summed E-state index contributed by atoms with van der Waals surface area (Å²) < 4.78 is 11.0. The standard InChI is InChI=1S/C13H19NO4/c14-13(16)12-11(10(15)6-7-17-12)18-8-9-4-2-1-3-5-9/h1-5,10-13,15-16H,6-8,14H2/t10-,11+,12+,13?/m1/s1. The molecule has 0 spiro atoms. The van der Waals surface area contributed by atoms with Gasteiger partial charge in [0.15, 0.2) is 0 Å². The van der Waals surface area contributed by atoms with E-state index >= 15 is 0 Å². The van der Waals surface area contributed by atoms with E-state index in [2.05, 4.69) is 0 Å². The van der Waals surface area contributed by atoms with Gasteiger partial charge in [0.2, 0.25) is 0 Å². The maximum absolute atomic E-state index is 9.89. The molecular formula is C13H19NO4. The molecule has 1 saturated heterocycles. The Morgan fingerprint density at radius 3 is 2.78 bits per heavy atom. The summed E-state index contributed by atoms with van der Waals surface area (Å²) in [6.07, 6.45) is -2.61. The van der Waals surface area contributed by atoms with Crippen LogP contribution < -0.4 is 5.73 Å². The minimum Gasteiger partial charge on any atom is -0.390 e. The van der Waals surface area contributed by atoms with Gasteiger partial charge in [-0.3, -0.25) is 0 Å². The topological polar surface area (TPSA) is 84.9 Å². The Bertz CT molecular complexity index is 357. The third kappa shape index (κ3) is 3.28. The highest BCUT2D eigenvalue weighted by Crippen LogP contribution is 2.20. The van der Waals surface area contributed by atoms with Crippen LogP contribution in [0.1, 0.15) is 12.0 Å². The van der Waals surface area contributed by atoms with Crippen molar-refractivity contribution < 1.29 is 19.7 Å². The van der Waals surface area contributed by atoms with Gasteiger partial charge in [0.1, 0.15) is 18.4 Å². The van der Waals surface area contributed by atoms with Gasteiger partial charge in [-0.25, -0.2) is 0 Å². The van der Waals surface area contributed by atoms with Gasteiger partial charge in [0.05, 0.1) is 12.7 Å². The summed E-state index contributed by atoms with van der Waals surface area (Å²) in [7, 11) is 0. The molecule has 1 aliphatic heterocycles. The van der Waals surface area contributed by atoms with Crippen LogP contribution in [0, 0.1) is 0 Å². The van der Waals surface area contributed by atoms with Crippen molar-refractivity contribution in [2.75, 3.05) is 6.61 Å². The Balaban J connectivity index is 1.96. The number of nitrogens with two attached hydrogens (primary N) is 1. The predicted octanol–water partition coefficient (Wildman–Crippen LogP) is -0.00130. The molecule has 1 unspecified atom stereocenters. The molecule has 100 valence electrons. The Hall–Kier alpha value is -0.980. The molecule has 0 bridgehead atoms. The molecule has 0 saturated carbocycles. The van der Waals surface area contributed by atoms with Gasteiger partial charge >= 0.3 is 0 Å². The van der Waals surface area contributed by atoms with Crippen LogP contribution in [0.2, 0.25) is 0 Å². The van der Waals surface area contributed by atoms with Crippen molar-refractivity contribution in [2.24, 2.45) is 5.73 Å². The third-order valence-electron chi connectivity index (χ3n) is 3.05. The van der Waals surface area contributed by atoms with Crippen molar-refractivity contribution in [3.8, 4) is 0 Å². The van der Waals surface area contributed by atoms with Crippen LogP contribution in [-0.4, -0.2) is 41.4 Å². The monoisotopic (exact) mass is 253 g/mol. The highest BCUT2D eigenvalue weighted by atomic mass is 16.6. The molecule has 2 rings (SSSR count). The first-order valence-corrected chi connectivity index (χ1v) is 6.07. The van der Waals surface area contributed by atoms with Gasteiger partial charge in [0.25, 0.3) is 0 Å². The molecule has 5 nitrogen and oxygen atoms in total. The van der Waals surface area contributed by atoms with Gasteiger partial charge < -0.3 is 25.4 Å². The number of aliphatic hydroxyl groups excluding tert-OH is 2. The fourth-order valence-electron chi connectivity index (χ4n) is 2.07. The lowest BCUT2D eigenvalue weighted by Gasteiger charge is -2.36. The summed E-state index contributed by atoms with van der Waals surface area (Å²) in [5.74, 6) is 0. The molecule has 18 heavy (non-hydrogen) atoms. The van der Waals surface area contributed by atoms with Crippen molar-refractivity contribution in [3.63, 3.8) is 0 Å². The van der Waals surface area contributed by atoms with Gasteiger partial charge in [0, 0.05) is 6.61 Å². The van der Waals surface area contributed by atoms with Crippen LogP contribution in [0.15, 0.2) is 30.3 Å². The third-order valence-corrected chi connectivity index (χ3v) is 3.05. The zero-order valence-electron chi connectivity index (χ0n) is 10.1. The normalized spacial score (nSPS) is 30.1. The van der Waals surface area contributed by atoms with Crippen molar-refractivity contribution >= 4 is 0 Å². The van der Waals surface area contributed by atoms with Crippen LogP contribution in [0.3, 0.4) is 0 Å². The van der Waals surface area contributed by atoms with Crippen LogP contribution in [-0.2, 0) is 16.1 Å². The Morgan fingerprint density at radius 1 is 1.39 bits per heavy atom. The van der Waals surface area contributed by atoms with Crippen LogP contribution in [0.25, 0.3) is 0 Å². The SMILES string of the molecule is NC(O)[C@H]1OCC[C@@H](O)[C@@H]1OCc1ccccc1. The number of hydrogen-bond acceptors (Lipinski definition) is 5. The second-order valence-electron chi connectivity index (χ2n) is 4.44. The first kappa shape index (κ1) is 13.5. The van der Waals surface area contributed by atoms with Gasteiger partial charge in [-0.1, -0.05) is 30.3 Å². The van der Waals surface area contributed by atoms with E-state index in [4.69, 9.17) is 15.2 Å². The number of rotatable bonds is 4. The molecule has 0 aromatic heterocycles. The maximum atomic E-state index is 9.89. The number of hydrogen-bond donors (Lipinski definition) is 3. The first-order valence-electron chi connectivity index (χ1n) is 6.07. The maximum Gasteiger partial charge on any atom is 0.131 e. The van der Waals surface area contributed by atoms with Crippen LogP contribution in [0.4, 0.5) is 0 Å². The van der Waals surface area contributed by atoms with E-state index in [1.54, 1.807) is 0 Å². The van der Waals surface area contributed by atoms with Crippen molar-refractivity contribution in [1.29, 1.82) is 0 Å². The van der Waals surface area contributed by atoms with Crippen molar-refractivity contribution in [1.82, 2.24) is 0 Å². The van der Waals surface area contributed by atoms with Gasteiger partial charge in [-0.2, -0.15) is 0 Å². The molecule has 0 aliphatic carbocycles. The summed E-state index contributed by atoms with van der Waals surface area (Å²) in [4.78, 5) is 0. The molecule has 0 radical (unpaired) electrons. The minimum absolute atomic E-state index is 0.356. The molecule has 1 aromatic carbocycles. The summed E-state index contributed by atoms with van der Waals surface area (Å²) in [5.41, 5.74) is 6.43. The molecule has 4 N–H and O–H groups in total. The van der Waals surface area contributed by atoms with E-state index in [1.807, 2.05) is 30.3 Å². The van der Waals surface area contributed by atoms with E-state index in [-0.39, 0.29) is 0 Å². The molecule has 0 amide bonds. The second kappa shape index (κ2) is 6.26. The molecule has 5 heteroatoms. The van der Waals surface area contributed by atoms with Crippen molar-refractivity contribution in [2.45, 2.75) is 37.6 Å². The Morgan fingerprint density at radius 2 is 2.11 bits per heavy atom. The lowest BCUT2D eigenvalue weighted by Crippen LogP contribution is -2.54. The Labute approximate surface area is 106 Å². The number of ether oxygens (including phenoxy) is 2. The van der Waals surface area contributed by atoms with Crippen LogP contribution in [0.5, 0.6) is 0 Å². The average molecular weight is 253 g/mol. The highest BCUT2D eigenvalue weighted by molar-refractivity contribution is 5.13. The predicted molar refractivity (Wildman–Crippen MR) is 65.6 cm³/mol. The van der Waals surface area contributed by atoms with E-state index in [1.165, 1.54) is 0 Å². The zero-order chi connectivity index (χ0) is 13.0. The molecular weight excluding hydrogens is 234 g/mol. The molecule has 1 heterocycles.